The summed E-state index contributed by atoms with van der Waals surface area (Å²) in [5, 5.41) is 7.35. The van der Waals surface area contributed by atoms with E-state index >= 15 is 0 Å². The summed E-state index contributed by atoms with van der Waals surface area (Å²) in [6.45, 7) is 5.55. The number of rotatable bonds is 6. The molecular weight excluding hydrogens is 261 g/mol. The molecule has 0 aliphatic rings. The van der Waals surface area contributed by atoms with Gasteiger partial charge in [0.05, 0.1) is 19.7 Å². The second-order valence-electron chi connectivity index (χ2n) is 5.20. The van der Waals surface area contributed by atoms with Crippen molar-refractivity contribution in [2.75, 3.05) is 13.2 Å². The Morgan fingerprint density at radius 2 is 2.00 bits per heavy atom. The molecule has 1 aromatic heterocycles. The topological polar surface area (TPSA) is 52.0 Å². The third kappa shape index (κ3) is 7.78. The van der Waals surface area contributed by atoms with Crippen LogP contribution in [-0.2, 0) is 17.8 Å². The molecule has 0 amide bonds. The highest BCUT2D eigenvalue weighted by molar-refractivity contribution is 4.83. The number of alkyl halides is 3. The van der Waals surface area contributed by atoms with Crippen molar-refractivity contribution in [2.45, 2.75) is 45.6 Å². The zero-order chi connectivity index (χ0) is 14.5. The fourth-order valence-corrected chi connectivity index (χ4v) is 1.21. The molecule has 0 spiro atoms. The van der Waals surface area contributed by atoms with Crippen molar-refractivity contribution >= 4 is 0 Å². The van der Waals surface area contributed by atoms with E-state index in [1.165, 1.54) is 11.0 Å². The predicted molar refractivity (Wildman–Crippen MR) is 63.5 cm³/mol. The summed E-state index contributed by atoms with van der Waals surface area (Å²) in [6.07, 6.45) is -2.80. The minimum atomic E-state index is -4.29. The van der Waals surface area contributed by atoms with E-state index in [0.717, 1.165) is 0 Å². The van der Waals surface area contributed by atoms with E-state index < -0.39 is 12.8 Å². The zero-order valence-corrected chi connectivity index (χ0v) is 11.3. The maximum absolute atomic E-state index is 11.8. The quantitative estimate of drug-likeness (QED) is 0.807. The van der Waals surface area contributed by atoms with Crippen molar-refractivity contribution in [3.8, 4) is 0 Å². The molecule has 0 bridgehead atoms. The van der Waals surface area contributed by atoms with Crippen molar-refractivity contribution < 1.29 is 17.9 Å². The fourth-order valence-electron chi connectivity index (χ4n) is 1.21. The van der Waals surface area contributed by atoms with E-state index in [-0.39, 0.29) is 18.7 Å². The van der Waals surface area contributed by atoms with Gasteiger partial charge in [-0.05, 0) is 20.8 Å². The minimum Gasteiger partial charge on any atom is -0.370 e. The third-order valence-electron chi connectivity index (χ3n) is 2.09. The number of hydrogen-bond acceptors (Lipinski definition) is 4. The highest BCUT2D eigenvalue weighted by Crippen LogP contribution is 2.14. The van der Waals surface area contributed by atoms with Crippen molar-refractivity contribution in [3.05, 3.63) is 12.2 Å². The predicted octanol–water partition coefficient (Wildman–Crippen LogP) is 1.75. The Kier molecular flexibility index (Phi) is 5.30. The molecule has 0 aromatic carbocycles. The van der Waals surface area contributed by atoms with Gasteiger partial charge >= 0.3 is 6.18 Å². The number of nitrogens with one attached hydrogen (secondary N) is 1. The Hall–Kier alpha value is -1.15. The lowest BCUT2D eigenvalue weighted by Crippen LogP contribution is -2.35. The molecule has 0 saturated heterocycles. The van der Waals surface area contributed by atoms with Gasteiger partial charge in [0.25, 0.3) is 0 Å². The summed E-state index contributed by atoms with van der Waals surface area (Å²) in [5.74, 6) is 0.603. The maximum Gasteiger partial charge on any atom is 0.411 e. The van der Waals surface area contributed by atoms with Crippen LogP contribution in [-0.4, -0.2) is 39.7 Å². The Labute approximate surface area is 110 Å². The van der Waals surface area contributed by atoms with Gasteiger partial charge in [0.15, 0.2) is 5.82 Å². The Bertz CT molecular complexity index is 384. The second kappa shape index (κ2) is 6.33. The van der Waals surface area contributed by atoms with E-state index in [4.69, 9.17) is 0 Å². The summed E-state index contributed by atoms with van der Waals surface area (Å²) in [7, 11) is 0. The second-order valence-corrected chi connectivity index (χ2v) is 5.20. The van der Waals surface area contributed by atoms with E-state index in [1.807, 2.05) is 20.8 Å². The van der Waals surface area contributed by atoms with Crippen LogP contribution in [0.5, 0.6) is 0 Å². The number of ether oxygens (including phenoxy) is 1. The van der Waals surface area contributed by atoms with Crippen molar-refractivity contribution in [2.24, 2.45) is 0 Å². The number of halogens is 3. The standard InChI is InChI=1S/C11H19F3N4O/c1-10(2,3)16-6-9-15-8-18(17-9)4-5-19-7-11(12,13)14/h8,16H,4-7H2,1-3H3. The van der Waals surface area contributed by atoms with E-state index in [2.05, 4.69) is 20.1 Å². The zero-order valence-electron chi connectivity index (χ0n) is 11.3. The van der Waals surface area contributed by atoms with Crippen molar-refractivity contribution in [1.82, 2.24) is 20.1 Å². The van der Waals surface area contributed by atoms with Crippen LogP contribution in [0.25, 0.3) is 0 Å². The molecule has 8 heteroatoms. The molecule has 19 heavy (non-hydrogen) atoms. The van der Waals surface area contributed by atoms with Gasteiger partial charge in [-0.2, -0.15) is 18.3 Å². The van der Waals surface area contributed by atoms with Gasteiger partial charge in [0.1, 0.15) is 12.9 Å². The highest BCUT2D eigenvalue weighted by atomic mass is 19.4. The van der Waals surface area contributed by atoms with Crippen LogP contribution in [0, 0.1) is 0 Å². The maximum atomic E-state index is 11.8. The Morgan fingerprint density at radius 3 is 2.58 bits per heavy atom. The Morgan fingerprint density at radius 1 is 1.32 bits per heavy atom. The summed E-state index contributed by atoms with van der Waals surface area (Å²) >= 11 is 0. The first kappa shape index (κ1) is 15.9. The highest BCUT2D eigenvalue weighted by Gasteiger charge is 2.27. The van der Waals surface area contributed by atoms with Crippen LogP contribution in [0.1, 0.15) is 26.6 Å². The lowest BCUT2D eigenvalue weighted by atomic mass is 10.1. The lowest BCUT2D eigenvalue weighted by Gasteiger charge is -2.19. The molecular formula is C11H19F3N4O. The molecule has 1 aromatic rings. The summed E-state index contributed by atoms with van der Waals surface area (Å²) in [6, 6.07) is 0. The molecule has 1 rings (SSSR count). The van der Waals surface area contributed by atoms with Crippen LogP contribution in [0.4, 0.5) is 13.2 Å². The van der Waals surface area contributed by atoms with E-state index in [1.54, 1.807) is 0 Å². The average Bonchev–Trinajstić information content (AvgIpc) is 2.67. The molecule has 0 unspecified atom stereocenters. The van der Waals surface area contributed by atoms with Gasteiger partial charge in [-0.25, -0.2) is 4.98 Å². The fraction of sp³-hybridized carbons (Fsp3) is 0.818. The molecule has 0 fully saturated rings. The molecule has 0 saturated carbocycles. The first-order valence-electron chi connectivity index (χ1n) is 5.93. The first-order valence-corrected chi connectivity index (χ1v) is 5.93. The van der Waals surface area contributed by atoms with Crippen LogP contribution in [0.15, 0.2) is 6.33 Å². The molecule has 0 aliphatic heterocycles. The minimum absolute atomic E-state index is 0.0404. The van der Waals surface area contributed by atoms with Crippen LogP contribution in [0.2, 0.25) is 0 Å². The van der Waals surface area contributed by atoms with E-state index in [0.29, 0.717) is 12.4 Å². The third-order valence-corrected chi connectivity index (χ3v) is 2.09. The summed E-state index contributed by atoms with van der Waals surface area (Å²) in [4.78, 5) is 4.06. The average molecular weight is 280 g/mol. The van der Waals surface area contributed by atoms with Gasteiger partial charge in [0, 0.05) is 5.54 Å². The Balaban J connectivity index is 2.27. The molecule has 1 N–H and O–H groups in total. The van der Waals surface area contributed by atoms with Gasteiger partial charge in [-0.15, -0.1) is 0 Å². The van der Waals surface area contributed by atoms with Gasteiger partial charge in [-0.3, -0.25) is 4.68 Å². The molecule has 5 nitrogen and oxygen atoms in total. The first-order chi connectivity index (χ1) is 8.66. The lowest BCUT2D eigenvalue weighted by molar-refractivity contribution is -0.174. The SMILES string of the molecule is CC(C)(C)NCc1ncn(CCOCC(F)(F)F)n1. The van der Waals surface area contributed by atoms with Gasteiger partial charge in [0.2, 0.25) is 0 Å². The number of hydrogen-bond donors (Lipinski definition) is 1. The van der Waals surface area contributed by atoms with Crippen molar-refractivity contribution in [3.63, 3.8) is 0 Å². The largest absolute Gasteiger partial charge is 0.411 e. The van der Waals surface area contributed by atoms with Gasteiger partial charge < -0.3 is 10.1 Å². The van der Waals surface area contributed by atoms with Crippen molar-refractivity contribution in [1.29, 1.82) is 0 Å². The smallest absolute Gasteiger partial charge is 0.370 e. The molecule has 110 valence electrons. The van der Waals surface area contributed by atoms with E-state index in [9.17, 15) is 13.2 Å². The van der Waals surface area contributed by atoms with Gasteiger partial charge in [-0.1, -0.05) is 0 Å². The number of aromatic nitrogens is 3. The van der Waals surface area contributed by atoms with Crippen LogP contribution in [0.3, 0.4) is 0 Å². The van der Waals surface area contributed by atoms with Crippen LogP contribution >= 0.6 is 0 Å². The molecule has 0 aliphatic carbocycles. The molecule has 0 atom stereocenters. The van der Waals surface area contributed by atoms with Crippen LogP contribution < -0.4 is 5.32 Å². The summed E-state index contributed by atoms with van der Waals surface area (Å²) in [5.41, 5.74) is -0.0404. The molecule has 1 heterocycles. The monoisotopic (exact) mass is 280 g/mol. The summed E-state index contributed by atoms with van der Waals surface area (Å²) < 4.78 is 41.5. The normalized spacial score (nSPS) is 12.9. The molecule has 0 radical (unpaired) electrons. The number of nitrogens with zero attached hydrogens (tertiary/aromatic N) is 3.